The third kappa shape index (κ3) is 12.5. The molecule has 3 nitrogen and oxygen atoms in total. The van der Waals surface area contributed by atoms with Gasteiger partial charge in [0.25, 0.3) is 0 Å². The Kier molecular flexibility index (Phi) is 16.7. The van der Waals surface area contributed by atoms with E-state index >= 15 is 0 Å². The van der Waals surface area contributed by atoms with E-state index in [-0.39, 0.29) is 0 Å². The number of carbonyl (C=O) groups excluding carboxylic acids is 1. The van der Waals surface area contributed by atoms with Crippen molar-refractivity contribution in [2.45, 2.75) is 103 Å². The molecular weight excluding hydrogens is 336 g/mol. The van der Waals surface area contributed by atoms with Crippen molar-refractivity contribution in [3.8, 4) is 0 Å². The van der Waals surface area contributed by atoms with Crippen LogP contribution in [0.1, 0.15) is 92.4 Å². The number of thioether (sulfide) groups is 1. The van der Waals surface area contributed by atoms with Crippen LogP contribution in [0.15, 0.2) is 0 Å². The maximum atomic E-state index is 12.1. The van der Waals surface area contributed by atoms with Crippen molar-refractivity contribution in [3.05, 3.63) is 0 Å². The van der Waals surface area contributed by atoms with Gasteiger partial charge in [0.1, 0.15) is 0 Å². The highest BCUT2D eigenvalue weighted by molar-refractivity contribution is 8.14. The second-order valence-electron chi connectivity index (χ2n) is 6.49. The Morgan fingerprint density at radius 1 is 0.958 bits per heavy atom. The molecule has 0 saturated heterocycles. The van der Waals surface area contributed by atoms with E-state index in [0.717, 1.165) is 64.6 Å². The second kappa shape index (κ2) is 16.6. The molecule has 0 spiro atoms. The van der Waals surface area contributed by atoms with Crippen LogP contribution in [0, 0.1) is 0 Å². The normalized spacial score (nSPS) is 14.1. The molecule has 0 bridgehead atoms. The van der Waals surface area contributed by atoms with Crippen LogP contribution in [-0.2, 0) is 13.6 Å². The lowest BCUT2D eigenvalue weighted by Gasteiger charge is -2.26. The first-order valence-electron chi connectivity index (χ1n) is 9.90. The Morgan fingerprint density at radius 3 is 2.08 bits per heavy atom. The van der Waals surface area contributed by atoms with Gasteiger partial charge in [-0.3, -0.25) is 4.79 Å². The SMILES string of the molecule is CCCCCC(=O)SC(C)CC(CCC)[Si](OCCC)OCCC. The number of carbonyl (C=O) groups is 1. The summed E-state index contributed by atoms with van der Waals surface area (Å²) in [7, 11) is -1.25. The smallest absolute Gasteiger partial charge is 0.388 e. The first-order valence-corrected chi connectivity index (χ1v) is 12.2. The summed E-state index contributed by atoms with van der Waals surface area (Å²) >= 11 is 1.54. The predicted molar refractivity (Wildman–Crippen MR) is 108 cm³/mol. The summed E-state index contributed by atoms with van der Waals surface area (Å²) in [6, 6.07) is 0. The largest absolute Gasteiger partial charge is 0.393 e. The van der Waals surface area contributed by atoms with Crippen molar-refractivity contribution in [3.63, 3.8) is 0 Å². The Bertz CT molecular complexity index is 294. The lowest BCUT2D eigenvalue weighted by molar-refractivity contribution is -0.111. The van der Waals surface area contributed by atoms with Crippen molar-refractivity contribution >= 4 is 26.2 Å². The maximum absolute atomic E-state index is 12.1. The summed E-state index contributed by atoms with van der Waals surface area (Å²) in [5, 5.41) is 0.704. The van der Waals surface area contributed by atoms with E-state index in [2.05, 4.69) is 34.6 Å². The monoisotopic (exact) mass is 375 g/mol. The highest BCUT2D eigenvalue weighted by atomic mass is 32.2. The van der Waals surface area contributed by atoms with Crippen LogP contribution in [0.5, 0.6) is 0 Å². The van der Waals surface area contributed by atoms with Gasteiger partial charge in [-0.2, -0.15) is 0 Å². The third-order valence-electron chi connectivity index (χ3n) is 3.80. The quantitative estimate of drug-likeness (QED) is 0.240. The Labute approximate surface area is 156 Å². The van der Waals surface area contributed by atoms with E-state index in [1.165, 1.54) is 18.2 Å². The summed E-state index contributed by atoms with van der Waals surface area (Å²) in [6.07, 6.45) is 9.44. The number of hydrogen-bond donors (Lipinski definition) is 0. The van der Waals surface area contributed by atoms with Crippen LogP contribution in [-0.4, -0.2) is 32.9 Å². The molecule has 0 aliphatic heterocycles. The topological polar surface area (TPSA) is 35.5 Å². The molecule has 0 rings (SSSR count). The van der Waals surface area contributed by atoms with Crippen LogP contribution in [0.4, 0.5) is 0 Å². The molecule has 0 aromatic carbocycles. The van der Waals surface area contributed by atoms with Gasteiger partial charge in [-0.25, -0.2) is 0 Å². The van der Waals surface area contributed by atoms with Gasteiger partial charge in [0, 0.05) is 30.4 Å². The van der Waals surface area contributed by atoms with Gasteiger partial charge in [0.15, 0.2) is 5.12 Å². The van der Waals surface area contributed by atoms with Gasteiger partial charge in [0.2, 0.25) is 0 Å². The molecule has 0 aromatic heterocycles. The molecule has 143 valence electrons. The molecule has 0 amide bonds. The molecule has 1 radical (unpaired) electrons. The fourth-order valence-corrected chi connectivity index (χ4v) is 6.26. The van der Waals surface area contributed by atoms with Crippen LogP contribution in [0.25, 0.3) is 0 Å². The van der Waals surface area contributed by atoms with Gasteiger partial charge in [-0.05, 0) is 32.1 Å². The first-order chi connectivity index (χ1) is 11.6. The molecule has 0 aliphatic rings. The first kappa shape index (κ1) is 24.2. The summed E-state index contributed by atoms with van der Waals surface area (Å²) in [5.74, 6) is 0. The van der Waals surface area contributed by atoms with E-state index in [4.69, 9.17) is 8.85 Å². The summed E-state index contributed by atoms with van der Waals surface area (Å²) in [5.41, 5.74) is 0.476. The lowest BCUT2D eigenvalue weighted by Crippen LogP contribution is -2.31. The van der Waals surface area contributed by atoms with E-state index < -0.39 is 9.28 Å². The number of hydrogen-bond acceptors (Lipinski definition) is 4. The molecule has 2 atom stereocenters. The molecular formula is C19H39O3SSi. The zero-order chi connectivity index (χ0) is 18.2. The summed E-state index contributed by atoms with van der Waals surface area (Å²) in [6.45, 7) is 12.4. The minimum Gasteiger partial charge on any atom is -0.393 e. The van der Waals surface area contributed by atoms with Crippen molar-refractivity contribution in [1.82, 2.24) is 0 Å². The van der Waals surface area contributed by atoms with E-state index in [0.29, 0.717) is 15.9 Å². The van der Waals surface area contributed by atoms with Crippen LogP contribution < -0.4 is 0 Å². The van der Waals surface area contributed by atoms with Crippen LogP contribution in [0.2, 0.25) is 5.54 Å². The second-order valence-corrected chi connectivity index (χ2v) is 10.0. The summed E-state index contributed by atoms with van der Waals surface area (Å²) in [4.78, 5) is 12.1. The highest BCUT2D eigenvalue weighted by Gasteiger charge is 2.29. The van der Waals surface area contributed by atoms with Gasteiger partial charge in [0.05, 0.1) is 0 Å². The number of unbranched alkanes of at least 4 members (excludes halogenated alkanes) is 2. The van der Waals surface area contributed by atoms with Crippen molar-refractivity contribution in [2.24, 2.45) is 0 Å². The van der Waals surface area contributed by atoms with Gasteiger partial charge in [-0.1, -0.05) is 65.6 Å². The van der Waals surface area contributed by atoms with Crippen LogP contribution >= 0.6 is 11.8 Å². The molecule has 0 fully saturated rings. The fraction of sp³-hybridized carbons (Fsp3) is 0.947. The number of rotatable bonds is 16. The fourth-order valence-electron chi connectivity index (χ4n) is 2.61. The van der Waals surface area contributed by atoms with E-state index in [9.17, 15) is 4.79 Å². The third-order valence-corrected chi connectivity index (χ3v) is 7.03. The van der Waals surface area contributed by atoms with Crippen LogP contribution in [0.3, 0.4) is 0 Å². The highest BCUT2D eigenvalue weighted by Crippen LogP contribution is 2.31. The predicted octanol–water partition coefficient (Wildman–Crippen LogP) is 6.12. The van der Waals surface area contributed by atoms with E-state index in [1.807, 2.05) is 0 Å². The zero-order valence-electron chi connectivity index (χ0n) is 16.6. The molecule has 24 heavy (non-hydrogen) atoms. The average molecular weight is 376 g/mol. The van der Waals surface area contributed by atoms with E-state index in [1.54, 1.807) is 0 Å². The maximum Gasteiger partial charge on any atom is 0.388 e. The average Bonchev–Trinajstić information content (AvgIpc) is 2.55. The van der Waals surface area contributed by atoms with Gasteiger partial charge >= 0.3 is 9.28 Å². The molecule has 0 heterocycles. The lowest BCUT2D eigenvalue weighted by atomic mass is 10.1. The van der Waals surface area contributed by atoms with Crippen molar-refractivity contribution < 1.29 is 13.6 Å². The van der Waals surface area contributed by atoms with Gasteiger partial charge < -0.3 is 8.85 Å². The molecule has 0 N–H and O–H groups in total. The van der Waals surface area contributed by atoms with Gasteiger partial charge in [-0.15, -0.1) is 0 Å². The standard InChI is InChI=1S/C19H39O3SSi/c1-6-10-11-13-19(20)23-17(5)16-18(12-7-2)24(21-14-8-3)22-15-9-4/h17-18H,6-16H2,1-5H3. The minimum atomic E-state index is -1.25. The Balaban J connectivity index is 4.49. The van der Waals surface area contributed by atoms with Crippen molar-refractivity contribution in [2.75, 3.05) is 13.2 Å². The molecule has 5 heteroatoms. The van der Waals surface area contributed by atoms with Crippen molar-refractivity contribution in [1.29, 1.82) is 0 Å². The molecule has 2 unspecified atom stereocenters. The minimum absolute atomic E-state index is 0.351. The Hall–Kier alpha value is 0.157. The molecule has 0 aliphatic carbocycles. The Morgan fingerprint density at radius 2 is 1.58 bits per heavy atom. The zero-order valence-corrected chi connectivity index (χ0v) is 18.4. The summed E-state index contributed by atoms with van der Waals surface area (Å²) < 4.78 is 12.2. The molecule has 0 aromatic rings. The molecule has 0 saturated carbocycles.